The van der Waals surface area contributed by atoms with Gasteiger partial charge in [-0.2, -0.15) is 0 Å². The van der Waals surface area contributed by atoms with Crippen LogP contribution in [0.1, 0.15) is 35.2 Å². The van der Waals surface area contributed by atoms with E-state index in [2.05, 4.69) is 10.3 Å². The summed E-state index contributed by atoms with van der Waals surface area (Å²) in [7, 11) is 6.60. The molecule has 2 heterocycles. The SMILES string of the molecule is CN(C)C(=O)c1c(N)ccc(-c2cnc3c(c2Cl)[C@@]2(CC[C@@H](C(=O)N(C)C)C2)CN3)c1F. The number of nitrogen functional groups attached to an aromatic ring is 1. The first-order valence-corrected chi connectivity index (χ1v) is 10.9. The van der Waals surface area contributed by atoms with E-state index in [0.29, 0.717) is 29.4 Å². The van der Waals surface area contributed by atoms with Crippen molar-refractivity contribution in [1.82, 2.24) is 14.8 Å². The molecule has 0 bridgehead atoms. The fourth-order valence-corrected chi connectivity index (χ4v) is 5.41. The third kappa shape index (κ3) is 3.37. The van der Waals surface area contributed by atoms with Crippen LogP contribution in [0.5, 0.6) is 0 Å². The van der Waals surface area contributed by atoms with Crippen LogP contribution in [0.3, 0.4) is 0 Å². The maximum absolute atomic E-state index is 15.5. The third-order valence-electron chi connectivity index (χ3n) is 6.62. The molecule has 0 saturated heterocycles. The highest BCUT2D eigenvalue weighted by atomic mass is 35.5. The molecule has 0 unspecified atom stereocenters. The lowest BCUT2D eigenvalue weighted by molar-refractivity contribution is -0.132. The molecule has 170 valence electrons. The fourth-order valence-electron chi connectivity index (χ4n) is 4.97. The number of pyridine rings is 1. The number of benzene rings is 1. The summed E-state index contributed by atoms with van der Waals surface area (Å²) < 4.78 is 15.5. The maximum Gasteiger partial charge on any atom is 0.258 e. The van der Waals surface area contributed by atoms with Crippen LogP contribution in [0.4, 0.5) is 15.9 Å². The molecule has 9 heteroatoms. The van der Waals surface area contributed by atoms with Crippen LogP contribution in [0.15, 0.2) is 18.3 Å². The van der Waals surface area contributed by atoms with Gasteiger partial charge in [-0.25, -0.2) is 9.37 Å². The van der Waals surface area contributed by atoms with Crippen LogP contribution in [-0.2, 0) is 10.2 Å². The minimum absolute atomic E-state index is 0.0640. The molecule has 1 saturated carbocycles. The van der Waals surface area contributed by atoms with Gasteiger partial charge in [0, 0.05) is 74.6 Å². The lowest BCUT2D eigenvalue weighted by Crippen LogP contribution is -2.31. The number of nitrogens with two attached hydrogens (primary N) is 1. The summed E-state index contributed by atoms with van der Waals surface area (Å²) in [6.07, 6.45) is 3.72. The van der Waals surface area contributed by atoms with Crippen molar-refractivity contribution in [3.8, 4) is 11.1 Å². The predicted octanol–water partition coefficient (Wildman–Crippen LogP) is 3.38. The van der Waals surface area contributed by atoms with Gasteiger partial charge in [0.2, 0.25) is 5.91 Å². The van der Waals surface area contributed by atoms with Crippen LogP contribution in [0.25, 0.3) is 11.1 Å². The van der Waals surface area contributed by atoms with Crippen LogP contribution in [-0.4, -0.2) is 61.3 Å². The standard InChI is InChI=1S/C23H27ClFN5O2/c1-29(2)21(31)12-7-8-23(9-12)11-28-20-17(23)18(24)14(10-27-20)13-5-6-15(26)16(19(13)25)22(32)30(3)4/h5-6,10,12H,7-9,11,26H2,1-4H3,(H,27,28)/t12-,23-/m1/s1. The zero-order chi connectivity index (χ0) is 23.4. The van der Waals surface area contributed by atoms with Crippen LogP contribution < -0.4 is 11.1 Å². The van der Waals surface area contributed by atoms with Crippen molar-refractivity contribution < 1.29 is 14.0 Å². The Bertz CT molecular complexity index is 1120. The van der Waals surface area contributed by atoms with Gasteiger partial charge >= 0.3 is 0 Å². The Morgan fingerprint density at radius 2 is 1.94 bits per heavy atom. The van der Waals surface area contributed by atoms with Gasteiger partial charge in [-0.3, -0.25) is 9.59 Å². The second-order valence-electron chi connectivity index (χ2n) is 9.11. The molecule has 1 aliphatic heterocycles. The van der Waals surface area contributed by atoms with E-state index >= 15 is 4.39 Å². The van der Waals surface area contributed by atoms with Crippen molar-refractivity contribution in [3.63, 3.8) is 0 Å². The number of carbonyl (C=O) groups excluding carboxylic acids is 2. The number of carbonyl (C=O) groups is 2. The summed E-state index contributed by atoms with van der Waals surface area (Å²) in [5, 5.41) is 3.71. The molecule has 1 spiro atoms. The summed E-state index contributed by atoms with van der Waals surface area (Å²) in [4.78, 5) is 32.5. The van der Waals surface area contributed by atoms with E-state index in [4.69, 9.17) is 17.3 Å². The van der Waals surface area contributed by atoms with E-state index in [-0.39, 0.29) is 34.1 Å². The van der Waals surface area contributed by atoms with Gasteiger partial charge in [0.25, 0.3) is 5.91 Å². The predicted molar refractivity (Wildman–Crippen MR) is 123 cm³/mol. The highest BCUT2D eigenvalue weighted by Crippen LogP contribution is 2.54. The van der Waals surface area contributed by atoms with Gasteiger partial charge in [-0.1, -0.05) is 11.6 Å². The molecular weight excluding hydrogens is 433 g/mol. The Hall–Kier alpha value is -2.87. The normalized spacial score (nSPS) is 21.4. The molecule has 1 aromatic heterocycles. The number of amides is 2. The van der Waals surface area contributed by atoms with E-state index < -0.39 is 11.7 Å². The molecule has 1 fully saturated rings. The van der Waals surface area contributed by atoms with E-state index in [0.717, 1.165) is 18.4 Å². The Balaban J connectivity index is 1.80. The lowest BCUT2D eigenvalue weighted by Gasteiger charge is -2.26. The molecule has 2 aliphatic rings. The Morgan fingerprint density at radius 3 is 2.59 bits per heavy atom. The van der Waals surface area contributed by atoms with Gasteiger partial charge in [0.05, 0.1) is 10.6 Å². The highest BCUT2D eigenvalue weighted by Gasteiger charge is 2.49. The number of halogens is 2. The maximum atomic E-state index is 15.5. The van der Waals surface area contributed by atoms with Crippen LogP contribution >= 0.6 is 11.6 Å². The first kappa shape index (κ1) is 22.3. The molecule has 0 radical (unpaired) electrons. The number of fused-ring (bicyclic) bond motifs is 2. The topological polar surface area (TPSA) is 91.6 Å². The molecule has 1 aliphatic carbocycles. The summed E-state index contributed by atoms with van der Waals surface area (Å²) in [6, 6.07) is 3.03. The van der Waals surface area contributed by atoms with Crippen molar-refractivity contribution in [1.29, 1.82) is 0 Å². The zero-order valence-electron chi connectivity index (χ0n) is 18.6. The van der Waals surface area contributed by atoms with Crippen molar-refractivity contribution >= 4 is 34.9 Å². The zero-order valence-corrected chi connectivity index (χ0v) is 19.4. The summed E-state index contributed by atoms with van der Waals surface area (Å²) in [6.45, 7) is 0.629. The van der Waals surface area contributed by atoms with Crippen molar-refractivity contribution in [2.45, 2.75) is 24.7 Å². The summed E-state index contributed by atoms with van der Waals surface area (Å²) in [5.74, 6) is -0.565. The first-order valence-electron chi connectivity index (χ1n) is 10.5. The third-order valence-corrected chi connectivity index (χ3v) is 7.02. The second kappa shape index (κ2) is 7.92. The summed E-state index contributed by atoms with van der Waals surface area (Å²) >= 11 is 6.89. The first-order chi connectivity index (χ1) is 15.1. The van der Waals surface area contributed by atoms with E-state index in [9.17, 15) is 9.59 Å². The number of aromatic nitrogens is 1. The van der Waals surface area contributed by atoms with Crippen molar-refractivity contribution in [2.75, 3.05) is 45.8 Å². The molecule has 7 nitrogen and oxygen atoms in total. The Morgan fingerprint density at radius 1 is 1.22 bits per heavy atom. The van der Waals surface area contributed by atoms with Gasteiger partial charge in [0.1, 0.15) is 11.6 Å². The van der Waals surface area contributed by atoms with Gasteiger partial charge in [-0.15, -0.1) is 0 Å². The number of nitrogens with zero attached hydrogens (tertiary/aromatic N) is 3. The number of hydrogen-bond donors (Lipinski definition) is 2. The number of rotatable bonds is 3. The number of hydrogen-bond acceptors (Lipinski definition) is 5. The molecular formula is C23H27ClFN5O2. The second-order valence-corrected chi connectivity index (χ2v) is 9.48. The average molecular weight is 460 g/mol. The van der Waals surface area contributed by atoms with Gasteiger partial charge < -0.3 is 20.9 Å². The number of nitrogens with one attached hydrogen (secondary N) is 1. The molecule has 1 aromatic carbocycles. The lowest BCUT2D eigenvalue weighted by atomic mass is 9.79. The van der Waals surface area contributed by atoms with Gasteiger partial charge in [-0.05, 0) is 31.4 Å². The largest absolute Gasteiger partial charge is 0.398 e. The van der Waals surface area contributed by atoms with E-state index in [1.165, 1.54) is 23.2 Å². The Kier molecular flexibility index (Phi) is 5.53. The molecule has 2 aromatic rings. The fraction of sp³-hybridized carbons (Fsp3) is 0.435. The molecule has 4 rings (SSSR count). The minimum Gasteiger partial charge on any atom is -0.398 e. The minimum atomic E-state index is -0.723. The van der Waals surface area contributed by atoms with Gasteiger partial charge in [0.15, 0.2) is 0 Å². The summed E-state index contributed by atoms with van der Waals surface area (Å²) in [5.41, 5.74) is 6.86. The monoisotopic (exact) mass is 459 g/mol. The van der Waals surface area contributed by atoms with E-state index in [1.54, 1.807) is 33.1 Å². The van der Waals surface area contributed by atoms with Crippen molar-refractivity contribution in [2.24, 2.45) is 5.92 Å². The Labute approximate surface area is 191 Å². The highest BCUT2D eigenvalue weighted by molar-refractivity contribution is 6.34. The van der Waals surface area contributed by atoms with Crippen LogP contribution in [0.2, 0.25) is 5.02 Å². The smallest absolute Gasteiger partial charge is 0.258 e. The quantitative estimate of drug-likeness (QED) is 0.686. The average Bonchev–Trinajstić information content (AvgIpc) is 3.33. The van der Waals surface area contributed by atoms with Crippen molar-refractivity contribution in [3.05, 3.63) is 40.3 Å². The molecule has 2 atom stereocenters. The molecule has 3 N–H and O–H groups in total. The molecule has 2 amide bonds. The van der Waals surface area contributed by atoms with E-state index in [1.807, 2.05) is 0 Å². The number of anilines is 2. The van der Waals surface area contributed by atoms with Crippen LogP contribution in [0, 0.1) is 11.7 Å². The molecule has 32 heavy (non-hydrogen) atoms.